The van der Waals surface area contributed by atoms with Crippen molar-refractivity contribution in [3.8, 4) is 17.2 Å². The topological polar surface area (TPSA) is 35.5 Å². The zero-order chi connectivity index (χ0) is 14.5. The summed E-state index contributed by atoms with van der Waals surface area (Å²) >= 11 is 7.58. The van der Waals surface area contributed by atoms with Crippen LogP contribution < -0.4 is 9.47 Å². The largest absolute Gasteiger partial charge is 0.482 e. The Morgan fingerprint density at radius 2 is 1.45 bits per heavy atom. The van der Waals surface area contributed by atoms with Crippen molar-refractivity contribution in [1.29, 1.82) is 0 Å². The summed E-state index contributed by atoms with van der Waals surface area (Å²) in [5.41, 5.74) is 0. The molecule has 0 radical (unpaired) electrons. The lowest BCUT2D eigenvalue weighted by Gasteiger charge is -2.11. The predicted molar refractivity (Wildman–Crippen MR) is 86.6 cm³/mol. The molecule has 0 saturated carbocycles. The number of halogens is 2. The Bertz CT molecular complexity index is 581. The fourth-order valence-electron chi connectivity index (χ4n) is 1.48. The SMILES string of the molecule is CC(Oc1ccc(Oc2ccc(I)cc2)cc1)C(=O)Cl. The molecule has 2 aromatic rings. The van der Waals surface area contributed by atoms with E-state index in [9.17, 15) is 4.79 Å². The first-order chi connectivity index (χ1) is 9.54. The quantitative estimate of drug-likeness (QED) is 0.541. The number of ether oxygens (including phenoxy) is 2. The molecule has 104 valence electrons. The second-order valence-electron chi connectivity index (χ2n) is 4.09. The Balaban J connectivity index is 2.01. The van der Waals surface area contributed by atoms with Gasteiger partial charge in [0.2, 0.25) is 0 Å². The molecule has 0 spiro atoms. The van der Waals surface area contributed by atoms with Gasteiger partial charge < -0.3 is 9.47 Å². The van der Waals surface area contributed by atoms with Crippen LogP contribution in [0.3, 0.4) is 0 Å². The molecule has 0 amide bonds. The molecule has 0 heterocycles. The van der Waals surface area contributed by atoms with Crippen molar-refractivity contribution in [3.05, 3.63) is 52.1 Å². The first-order valence-corrected chi connectivity index (χ1v) is 7.40. The molecular weight excluding hydrogens is 391 g/mol. The third kappa shape index (κ3) is 4.38. The molecule has 0 fully saturated rings. The Kier molecular flexibility index (Phi) is 5.25. The lowest BCUT2D eigenvalue weighted by atomic mass is 10.3. The Morgan fingerprint density at radius 1 is 1.00 bits per heavy atom. The minimum Gasteiger partial charge on any atom is -0.482 e. The van der Waals surface area contributed by atoms with E-state index < -0.39 is 11.3 Å². The van der Waals surface area contributed by atoms with Gasteiger partial charge in [0.15, 0.2) is 6.10 Å². The molecule has 0 N–H and O–H groups in total. The third-order valence-corrected chi connectivity index (χ3v) is 3.53. The molecule has 0 saturated heterocycles. The van der Waals surface area contributed by atoms with Crippen molar-refractivity contribution in [3.63, 3.8) is 0 Å². The van der Waals surface area contributed by atoms with Crippen molar-refractivity contribution >= 4 is 39.4 Å². The molecule has 20 heavy (non-hydrogen) atoms. The fourth-order valence-corrected chi connectivity index (χ4v) is 1.88. The van der Waals surface area contributed by atoms with Gasteiger partial charge in [-0.25, -0.2) is 0 Å². The van der Waals surface area contributed by atoms with Gasteiger partial charge in [-0.05, 0) is 89.6 Å². The molecule has 0 aliphatic heterocycles. The number of carbonyl (C=O) groups is 1. The van der Waals surface area contributed by atoms with E-state index in [4.69, 9.17) is 21.1 Å². The van der Waals surface area contributed by atoms with Gasteiger partial charge in [-0.15, -0.1) is 0 Å². The van der Waals surface area contributed by atoms with Gasteiger partial charge in [0, 0.05) is 3.57 Å². The molecular formula is C15H12ClIO3. The summed E-state index contributed by atoms with van der Waals surface area (Å²) in [7, 11) is 0. The van der Waals surface area contributed by atoms with E-state index in [1.54, 1.807) is 31.2 Å². The summed E-state index contributed by atoms with van der Waals surface area (Å²) in [6.07, 6.45) is -0.667. The smallest absolute Gasteiger partial charge is 0.262 e. The average Bonchev–Trinajstić information content (AvgIpc) is 2.43. The van der Waals surface area contributed by atoms with E-state index in [0.717, 1.165) is 9.32 Å². The first-order valence-electron chi connectivity index (χ1n) is 5.94. The van der Waals surface area contributed by atoms with Crippen LogP contribution in [-0.2, 0) is 4.79 Å². The lowest BCUT2D eigenvalue weighted by Crippen LogP contribution is -2.18. The minimum atomic E-state index is -0.667. The second kappa shape index (κ2) is 6.95. The molecule has 1 unspecified atom stereocenters. The van der Waals surface area contributed by atoms with Crippen LogP contribution in [0, 0.1) is 3.57 Å². The van der Waals surface area contributed by atoms with E-state index >= 15 is 0 Å². The molecule has 3 nitrogen and oxygen atoms in total. The normalized spacial score (nSPS) is 11.8. The van der Waals surface area contributed by atoms with Crippen LogP contribution in [0.25, 0.3) is 0 Å². The summed E-state index contributed by atoms with van der Waals surface area (Å²) in [6.45, 7) is 1.60. The number of benzene rings is 2. The maximum atomic E-state index is 10.9. The first kappa shape index (κ1) is 15.1. The summed E-state index contributed by atoms with van der Waals surface area (Å²) < 4.78 is 12.2. The second-order valence-corrected chi connectivity index (χ2v) is 5.71. The monoisotopic (exact) mass is 402 g/mol. The molecule has 5 heteroatoms. The van der Waals surface area contributed by atoms with Crippen LogP contribution in [0.4, 0.5) is 0 Å². The van der Waals surface area contributed by atoms with Crippen molar-refractivity contribution in [2.45, 2.75) is 13.0 Å². The predicted octanol–water partition coefficient (Wildman–Crippen LogP) is 4.62. The molecule has 0 bridgehead atoms. The average molecular weight is 403 g/mol. The summed E-state index contributed by atoms with van der Waals surface area (Å²) in [5, 5.41) is -0.524. The van der Waals surface area contributed by atoms with Gasteiger partial charge >= 0.3 is 0 Å². The summed E-state index contributed by atoms with van der Waals surface area (Å²) in [4.78, 5) is 10.9. The van der Waals surface area contributed by atoms with Crippen LogP contribution in [-0.4, -0.2) is 11.3 Å². The molecule has 1 atom stereocenters. The summed E-state index contributed by atoms with van der Waals surface area (Å²) in [6, 6.07) is 14.8. The highest BCUT2D eigenvalue weighted by molar-refractivity contribution is 14.1. The minimum absolute atomic E-state index is 0.524. The highest BCUT2D eigenvalue weighted by Gasteiger charge is 2.11. The van der Waals surface area contributed by atoms with E-state index in [-0.39, 0.29) is 0 Å². The molecule has 2 aromatic carbocycles. The fraction of sp³-hybridized carbons (Fsp3) is 0.133. The van der Waals surface area contributed by atoms with Crippen LogP contribution in [0.5, 0.6) is 17.2 Å². The summed E-state index contributed by atoms with van der Waals surface area (Å²) in [5.74, 6) is 2.04. The number of rotatable bonds is 5. The molecule has 2 rings (SSSR count). The Morgan fingerprint density at radius 3 is 1.95 bits per heavy atom. The van der Waals surface area contributed by atoms with Crippen molar-refractivity contribution < 1.29 is 14.3 Å². The van der Waals surface area contributed by atoms with Gasteiger partial charge in [0.25, 0.3) is 5.24 Å². The van der Waals surface area contributed by atoms with Gasteiger partial charge in [-0.3, -0.25) is 4.79 Å². The maximum absolute atomic E-state index is 10.9. The standard InChI is InChI=1S/C15H12ClIO3/c1-10(15(16)18)19-12-6-8-14(9-7-12)20-13-4-2-11(17)3-5-13/h2-10H,1H3. The Hall–Kier alpha value is -1.27. The third-order valence-electron chi connectivity index (χ3n) is 2.51. The molecule has 0 aromatic heterocycles. The highest BCUT2D eigenvalue weighted by Crippen LogP contribution is 2.25. The molecule has 0 aliphatic carbocycles. The van der Waals surface area contributed by atoms with E-state index in [1.807, 2.05) is 24.3 Å². The number of hydrogen-bond donors (Lipinski definition) is 0. The van der Waals surface area contributed by atoms with Crippen LogP contribution in [0.2, 0.25) is 0 Å². The zero-order valence-corrected chi connectivity index (χ0v) is 13.6. The number of carbonyl (C=O) groups excluding carboxylic acids is 1. The van der Waals surface area contributed by atoms with E-state index in [0.29, 0.717) is 11.5 Å². The van der Waals surface area contributed by atoms with Crippen LogP contribution in [0.1, 0.15) is 6.92 Å². The maximum Gasteiger partial charge on any atom is 0.262 e. The van der Waals surface area contributed by atoms with Gasteiger partial charge in [-0.2, -0.15) is 0 Å². The van der Waals surface area contributed by atoms with Crippen LogP contribution >= 0.6 is 34.2 Å². The Labute approximate surface area is 136 Å². The van der Waals surface area contributed by atoms with Gasteiger partial charge in [0.05, 0.1) is 0 Å². The van der Waals surface area contributed by atoms with Gasteiger partial charge in [-0.1, -0.05) is 0 Å². The van der Waals surface area contributed by atoms with Crippen molar-refractivity contribution in [1.82, 2.24) is 0 Å². The lowest BCUT2D eigenvalue weighted by molar-refractivity contribution is -0.117. The number of hydrogen-bond acceptors (Lipinski definition) is 3. The van der Waals surface area contributed by atoms with Crippen LogP contribution in [0.15, 0.2) is 48.5 Å². The van der Waals surface area contributed by atoms with Crippen molar-refractivity contribution in [2.75, 3.05) is 0 Å². The zero-order valence-electron chi connectivity index (χ0n) is 10.7. The van der Waals surface area contributed by atoms with Gasteiger partial charge in [0.1, 0.15) is 17.2 Å². The van der Waals surface area contributed by atoms with E-state index in [1.165, 1.54) is 0 Å². The highest BCUT2D eigenvalue weighted by atomic mass is 127. The molecule has 0 aliphatic rings. The van der Waals surface area contributed by atoms with E-state index in [2.05, 4.69) is 22.6 Å². The van der Waals surface area contributed by atoms with Crippen molar-refractivity contribution in [2.24, 2.45) is 0 Å².